The lowest BCUT2D eigenvalue weighted by molar-refractivity contribution is 0.0985. The lowest BCUT2D eigenvalue weighted by Crippen LogP contribution is -2.25. The Bertz CT molecular complexity index is 1290. The molecule has 0 atom stereocenters. The normalized spacial score (nSPS) is 12.7. The summed E-state index contributed by atoms with van der Waals surface area (Å²) in [6.45, 7) is 1.96. The molecule has 148 valence electrons. The molecule has 1 aliphatic rings. The number of amides is 2. The molecule has 6 heteroatoms. The zero-order chi connectivity index (χ0) is 20.8. The molecule has 4 aromatic rings. The summed E-state index contributed by atoms with van der Waals surface area (Å²) in [6.07, 6.45) is 0. The molecular weight excluding hydrogens is 380 g/mol. The van der Waals surface area contributed by atoms with Gasteiger partial charge in [0, 0.05) is 18.1 Å². The minimum atomic E-state index is -0.389. The van der Waals surface area contributed by atoms with Crippen LogP contribution in [-0.4, -0.2) is 18.9 Å². The van der Waals surface area contributed by atoms with Crippen molar-refractivity contribution in [2.75, 3.05) is 17.3 Å². The number of hydrogen-bond acceptors (Lipinski definition) is 4. The fourth-order valence-corrected chi connectivity index (χ4v) is 3.53. The van der Waals surface area contributed by atoms with Gasteiger partial charge in [-0.1, -0.05) is 24.3 Å². The van der Waals surface area contributed by atoms with Crippen LogP contribution in [0, 0.1) is 6.92 Å². The van der Waals surface area contributed by atoms with Crippen LogP contribution in [0.3, 0.4) is 0 Å². The number of para-hydroxylation sites is 1. The average Bonchev–Trinajstić information content (AvgIpc) is 3.15. The number of ether oxygens (including phenoxy) is 1. The highest BCUT2D eigenvalue weighted by Crippen LogP contribution is 2.39. The molecule has 6 nitrogen and oxygen atoms in total. The van der Waals surface area contributed by atoms with Crippen LogP contribution in [0.25, 0.3) is 11.0 Å². The van der Waals surface area contributed by atoms with E-state index in [-0.39, 0.29) is 17.6 Å². The highest BCUT2D eigenvalue weighted by Gasteiger charge is 2.26. The van der Waals surface area contributed by atoms with E-state index in [1.807, 2.05) is 43.3 Å². The molecule has 0 aliphatic carbocycles. The Hall–Kier alpha value is -4.06. The van der Waals surface area contributed by atoms with E-state index < -0.39 is 0 Å². The van der Waals surface area contributed by atoms with Crippen molar-refractivity contribution in [2.24, 2.45) is 0 Å². The van der Waals surface area contributed by atoms with Gasteiger partial charge in [0.15, 0.2) is 11.5 Å². The number of carbonyl (C=O) groups excluding carboxylic acids is 2. The zero-order valence-corrected chi connectivity index (χ0v) is 16.4. The van der Waals surface area contributed by atoms with Gasteiger partial charge >= 0.3 is 0 Å². The van der Waals surface area contributed by atoms with Crippen molar-refractivity contribution in [3.63, 3.8) is 0 Å². The van der Waals surface area contributed by atoms with Crippen LogP contribution in [0.1, 0.15) is 26.5 Å². The van der Waals surface area contributed by atoms with Crippen LogP contribution in [-0.2, 0) is 0 Å². The van der Waals surface area contributed by atoms with Crippen LogP contribution in [0.15, 0.2) is 71.1 Å². The number of hydrogen-bond donors (Lipinski definition) is 1. The molecule has 2 amide bonds. The minimum absolute atomic E-state index is 0.203. The van der Waals surface area contributed by atoms with Crippen LogP contribution >= 0.6 is 0 Å². The first kappa shape index (κ1) is 18.0. The monoisotopic (exact) mass is 398 g/mol. The van der Waals surface area contributed by atoms with Gasteiger partial charge in [0.05, 0.1) is 11.3 Å². The Kier molecular flexibility index (Phi) is 4.06. The van der Waals surface area contributed by atoms with E-state index in [0.717, 1.165) is 10.9 Å². The minimum Gasteiger partial charge on any atom is -0.454 e. The first-order valence-corrected chi connectivity index (χ1v) is 9.50. The Morgan fingerprint density at radius 1 is 0.967 bits per heavy atom. The van der Waals surface area contributed by atoms with Crippen molar-refractivity contribution in [1.29, 1.82) is 0 Å². The lowest BCUT2D eigenvalue weighted by atomic mass is 10.1. The predicted octanol–water partition coefficient (Wildman–Crippen LogP) is 5.38. The largest absolute Gasteiger partial charge is 0.454 e. The quantitative estimate of drug-likeness (QED) is 0.492. The number of aryl methyl sites for hydroxylation is 1. The van der Waals surface area contributed by atoms with Crippen molar-refractivity contribution in [1.82, 2.24) is 0 Å². The number of carbonyl (C=O) groups is 2. The fraction of sp³-hybridized carbons (Fsp3) is 0.0833. The van der Waals surface area contributed by atoms with Crippen molar-refractivity contribution in [2.45, 2.75) is 6.92 Å². The van der Waals surface area contributed by atoms with Crippen molar-refractivity contribution in [3.05, 3.63) is 83.6 Å². The van der Waals surface area contributed by atoms with Crippen molar-refractivity contribution < 1.29 is 18.7 Å². The summed E-state index contributed by atoms with van der Waals surface area (Å²) in [5, 5.41) is 3.65. The van der Waals surface area contributed by atoms with Crippen LogP contribution in [0.4, 0.5) is 11.4 Å². The zero-order valence-electron chi connectivity index (χ0n) is 16.4. The molecule has 0 saturated heterocycles. The number of furan rings is 1. The third-order valence-corrected chi connectivity index (χ3v) is 5.12. The Morgan fingerprint density at radius 2 is 1.77 bits per heavy atom. The molecular formula is C24H18N2O4. The van der Waals surface area contributed by atoms with Crippen molar-refractivity contribution >= 4 is 34.2 Å². The molecule has 3 aromatic carbocycles. The summed E-state index contributed by atoms with van der Waals surface area (Å²) in [6, 6.07) is 19.8. The highest BCUT2D eigenvalue weighted by atomic mass is 16.5. The molecule has 0 radical (unpaired) electrons. The van der Waals surface area contributed by atoms with Gasteiger partial charge in [-0.05, 0) is 55.0 Å². The van der Waals surface area contributed by atoms with E-state index >= 15 is 0 Å². The maximum absolute atomic E-state index is 13.1. The third-order valence-electron chi connectivity index (χ3n) is 5.12. The standard InChI is InChI=1S/C24H18N2O4/c1-14-7-9-21-18(11-14)26(2)24(28)17-13-16(8-10-20(17)30-21)25-23(27)22-12-15-5-3-4-6-19(15)29-22/h3-13H,1-2H3,(H,25,27). The van der Waals surface area contributed by atoms with E-state index in [9.17, 15) is 9.59 Å². The summed E-state index contributed by atoms with van der Waals surface area (Å²) in [4.78, 5) is 27.3. The van der Waals surface area contributed by atoms with Gasteiger partial charge in [0.25, 0.3) is 11.8 Å². The topological polar surface area (TPSA) is 71.8 Å². The number of anilines is 2. The maximum Gasteiger partial charge on any atom is 0.291 e. The third kappa shape index (κ3) is 2.99. The van der Waals surface area contributed by atoms with Gasteiger partial charge in [-0.2, -0.15) is 0 Å². The van der Waals surface area contributed by atoms with Gasteiger partial charge in [-0.3, -0.25) is 9.59 Å². The van der Waals surface area contributed by atoms with E-state index in [4.69, 9.17) is 9.15 Å². The molecule has 0 saturated carbocycles. The molecule has 2 heterocycles. The van der Waals surface area contributed by atoms with Crippen LogP contribution in [0.5, 0.6) is 11.5 Å². The van der Waals surface area contributed by atoms with E-state index in [1.165, 1.54) is 0 Å². The number of fused-ring (bicyclic) bond motifs is 3. The molecule has 0 fully saturated rings. The summed E-state index contributed by atoms with van der Waals surface area (Å²) in [5.41, 5.74) is 3.22. The van der Waals surface area contributed by atoms with Crippen molar-refractivity contribution in [3.8, 4) is 11.5 Å². The second-order valence-corrected chi connectivity index (χ2v) is 7.25. The second kappa shape index (κ2) is 6.77. The molecule has 1 N–H and O–H groups in total. The summed E-state index contributed by atoms with van der Waals surface area (Å²) < 4.78 is 11.6. The van der Waals surface area contributed by atoms with Gasteiger partial charge in [-0.15, -0.1) is 0 Å². The smallest absolute Gasteiger partial charge is 0.291 e. The number of nitrogens with zero attached hydrogens (tertiary/aromatic N) is 1. The van der Waals surface area contributed by atoms with Crippen LogP contribution < -0.4 is 15.0 Å². The van der Waals surface area contributed by atoms with E-state index in [1.54, 1.807) is 42.3 Å². The van der Waals surface area contributed by atoms with Gasteiger partial charge in [0.2, 0.25) is 0 Å². The van der Waals surface area contributed by atoms with Crippen LogP contribution in [0.2, 0.25) is 0 Å². The SMILES string of the molecule is Cc1ccc2c(c1)N(C)C(=O)c1cc(NC(=O)c3cc4ccccc4o3)ccc1O2. The fourth-order valence-electron chi connectivity index (χ4n) is 3.53. The van der Waals surface area contributed by atoms with Gasteiger partial charge < -0.3 is 19.4 Å². The first-order valence-electron chi connectivity index (χ1n) is 9.50. The molecule has 0 bridgehead atoms. The molecule has 30 heavy (non-hydrogen) atoms. The van der Waals surface area contributed by atoms with Gasteiger partial charge in [-0.25, -0.2) is 0 Å². The van der Waals surface area contributed by atoms with Gasteiger partial charge in [0.1, 0.15) is 11.3 Å². The summed E-state index contributed by atoms with van der Waals surface area (Å²) >= 11 is 0. The molecule has 0 spiro atoms. The summed E-state index contributed by atoms with van der Waals surface area (Å²) in [5.74, 6) is 0.647. The molecule has 5 rings (SSSR count). The highest BCUT2D eigenvalue weighted by molar-refractivity contribution is 6.11. The van der Waals surface area contributed by atoms with E-state index in [0.29, 0.717) is 34.0 Å². The lowest BCUT2D eigenvalue weighted by Gasteiger charge is -2.16. The second-order valence-electron chi connectivity index (χ2n) is 7.25. The maximum atomic E-state index is 13.1. The Balaban J connectivity index is 1.46. The molecule has 1 aromatic heterocycles. The molecule has 0 unspecified atom stereocenters. The number of benzene rings is 3. The number of nitrogens with one attached hydrogen (secondary N) is 1. The first-order chi connectivity index (χ1) is 14.5. The summed E-state index contributed by atoms with van der Waals surface area (Å²) in [7, 11) is 1.71. The average molecular weight is 398 g/mol. The Morgan fingerprint density at radius 3 is 2.60 bits per heavy atom. The number of rotatable bonds is 2. The Labute approximate surface area is 172 Å². The van der Waals surface area contributed by atoms with E-state index in [2.05, 4.69) is 5.32 Å². The predicted molar refractivity (Wildman–Crippen MR) is 115 cm³/mol. The molecule has 1 aliphatic heterocycles.